The standard InChI is InChI=1S/C48H33N3/c1-48(2)43-22-11-10-21-40(43)41-26-23-32(29-44(41)48)31-15-12-16-33(27-31)46-49-45(30-13-4-3-5-14-30)50-47(51-46)34-24-25-39-37-19-7-6-17-35(37)36-18-8-9-20-38(36)42(39)28-34/h3-29H,1-2H3. The van der Waals surface area contributed by atoms with Crippen molar-refractivity contribution in [3.05, 3.63) is 175 Å². The highest BCUT2D eigenvalue weighted by Crippen LogP contribution is 2.49. The summed E-state index contributed by atoms with van der Waals surface area (Å²) in [5.41, 5.74) is 10.5. The maximum Gasteiger partial charge on any atom is 0.164 e. The van der Waals surface area contributed by atoms with E-state index in [0.717, 1.165) is 22.3 Å². The molecule has 0 fully saturated rings. The van der Waals surface area contributed by atoms with Gasteiger partial charge in [-0.15, -0.1) is 0 Å². The molecule has 240 valence electrons. The first-order chi connectivity index (χ1) is 25.0. The van der Waals surface area contributed by atoms with Crippen LogP contribution in [0.15, 0.2) is 164 Å². The quantitative estimate of drug-likeness (QED) is 0.178. The molecule has 10 rings (SSSR count). The van der Waals surface area contributed by atoms with Crippen molar-refractivity contribution in [3.8, 4) is 56.4 Å². The van der Waals surface area contributed by atoms with Crippen LogP contribution in [0.3, 0.4) is 0 Å². The molecule has 1 aromatic heterocycles. The Hall–Kier alpha value is -6.45. The molecule has 0 radical (unpaired) electrons. The van der Waals surface area contributed by atoms with Crippen molar-refractivity contribution in [3.63, 3.8) is 0 Å². The van der Waals surface area contributed by atoms with Crippen LogP contribution in [0.4, 0.5) is 0 Å². The molecule has 1 aliphatic rings. The van der Waals surface area contributed by atoms with Gasteiger partial charge in [0.05, 0.1) is 0 Å². The lowest BCUT2D eigenvalue weighted by Crippen LogP contribution is -2.14. The molecule has 1 aliphatic carbocycles. The summed E-state index contributed by atoms with van der Waals surface area (Å²) in [6, 6.07) is 58.4. The molecule has 0 unspecified atom stereocenters. The third kappa shape index (κ3) is 4.69. The molecule has 0 spiro atoms. The van der Waals surface area contributed by atoms with Crippen molar-refractivity contribution in [1.82, 2.24) is 15.0 Å². The fraction of sp³-hybridized carbons (Fsp3) is 0.0625. The van der Waals surface area contributed by atoms with Gasteiger partial charge in [0.25, 0.3) is 0 Å². The van der Waals surface area contributed by atoms with Crippen molar-refractivity contribution in [2.75, 3.05) is 0 Å². The van der Waals surface area contributed by atoms with Crippen LogP contribution in [-0.4, -0.2) is 15.0 Å². The monoisotopic (exact) mass is 651 g/mol. The number of hydrogen-bond acceptors (Lipinski definition) is 3. The third-order valence-electron chi connectivity index (χ3n) is 10.7. The molecular formula is C48H33N3. The van der Waals surface area contributed by atoms with E-state index in [-0.39, 0.29) is 5.41 Å². The summed E-state index contributed by atoms with van der Waals surface area (Å²) >= 11 is 0. The smallest absolute Gasteiger partial charge is 0.164 e. The van der Waals surface area contributed by atoms with Crippen LogP contribution in [-0.2, 0) is 5.41 Å². The Morgan fingerprint density at radius 2 is 0.784 bits per heavy atom. The Kier molecular flexibility index (Phi) is 6.53. The number of rotatable bonds is 4. The SMILES string of the molecule is CC1(C)c2ccccc2-c2ccc(-c3cccc(-c4nc(-c5ccccc5)nc(-c5ccc6c7ccccc7c7ccccc7c6c5)n4)c3)cc21. The highest BCUT2D eigenvalue weighted by Gasteiger charge is 2.35. The molecule has 3 nitrogen and oxygen atoms in total. The molecule has 9 aromatic rings. The van der Waals surface area contributed by atoms with Gasteiger partial charge in [0.2, 0.25) is 0 Å². The van der Waals surface area contributed by atoms with Crippen LogP contribution in [0.25, 0.3) is 88.7 Å². The second-order valence-corrected chi connectivity index (χ2v) is 14.0. The lowest BCUT2D eigenvalue weighted by atomic mass is 9.81. The van der Waals surface area contributed by atoms with Gasteiger partial charge in [0.15, 0.2) is 17.5 Å². The maximum atomic E-state index is 5.17. The number of nitrogens with zero attached hydrogens (tertiary/aromatic N) is 3. The van der Waals surface area contributed by atoms with E-state index in [1.54, 1.807) is 0 Å². The van der Waals surface area contributed by atoms with Crippen LogP contribution in [0.2, 0.25) is 0 Å². The molecule has 0 aliphatic heterocycles. The predicted octanol–water partition coefficient (Wildman–Crippen LogP) is 12.3. The second kappa shape index (κ2) is 11.3. The first-order valence-electron chi connectivity index (χ1n) is 17.5. The number of fused-ring (bicyclic) bond motifs is 9. The summed E-state index contributed by atoms with van der Waals surface area (Å²) in [4.78, 5) is 15.3. The first kappa shape index (κ1) is 29.5. The highest BCUT2D eigenvalue weighted by atomic mass is 15.0. The van der Waals surface area contributed by atoms with E-state index in [9.17, 15) is 0 Å². The molecule has 8 aromatic carbocycles. The Balaban J connectivity index is 1.13. The highest BCUT2D eigenvalue weighted by molar-refractivity contribution is 6.25. The Morgan fingerprint density at radius 3 is 1.49 bits per heavy atom. The Bertz CT molecular complexity index is 2800. The number of benzene rings is 8. The lowest BCUT2D eigenvalue weighted by Gasteiger charge is -2.22. The summed E-state index contributed by atoms with van der Waals surface area (Å²) in [5, 5.41) is 7.38. The Morgan fingerprint density at radius 1 is 0.314 bits per heavy atom. The number of hydrogen-bond donors (Lipinski definition) is 0. The maximum absolute atomic E-state index is 5.17. The normalized spacial score (nSPS) is 13.1. The zero-order valence-corrected chi connectivity index (χ0v) is 28.4. The van der Waals surface area contributed by atoms with E-state index in [1.165, 1.54) is 60.1 Å². The topological polar surface area (TPSA) is 38.7 Å². The average Bonchev–Trinajstić information content (AvgIpc) is 3.43. The summed E-state index contributed by atoms with van der Waals surface area (Å²) in [5.74, 6) is 1.96. The van der Waals surface area contributed by atoms with E-state index < -0.39 is 0 Å². The Labute approximate surface area is 297 Å². The molecule has 51 heavy (non-hydrogen) atoms. The van der Waals surface area contributed by atoms with Gasteiger partial charge >= 0.3 is 0 Å². The molecule has 1 heterocycles. The van der Waals surface area contributed by atoms with E-state index >= 15 is 0 Å². The minimum absolute atomic E-state index is 0.0648. The van der Waals surface area contributed by atoms with Crippen LogP contribution < -0.4 is 0 Å². The van der Waals surface area contributed by atoms with E-state index in [2.05, 4.69) is 159 Å². The van der Waals surface area contributed by atoms with Crippen molar-refractivity contribution in [2.45, 2.75) is 19.3 Å². The van der Waals surface area contributed by atoms with Crippen molar-refractivity contribution in [2.24, 2.45) is 0 Å². The van der Waals surface area contributed by atoms with Crippen LogP contribution in [0.5, 0.6) is 0 Å². The van der Waals surface area contributed by atoms with Gasteiger partial charge in [0.1, 0.15) is 0 Å². The van der Waals surface area contributed by atoms with Gasteiger partial charge in [-0.25, -0.2) is 15.0 Å². The summed E-state index contributed by atoms with van der Waals surface area (Å²) in [7, 11) is 0. The molecule has 0 atom stereocenters. The van der Waals surface area contributed by atoms with Gasteiger partial charge in [0, 0.05) is 22.1 Å². The van der Waals surface area contributed by atoms with Gasteiger partial charge < -0.3 is 0 Å². The minimum Gasteiger partial charge on any atom is -0.208 e. The van der Waals surface area contributed by atoms with Crippen LogP contribution in [0.1, 0.15) is 25.0 Å². The van der Waals surface area contributed by atoms with Crippen LogP contribution >= 0.6 is 0 Å². The zero-order chi connectivity index (χ0) is 34.1. The predicted molar refractivity (Wildman–Crippen MR) is 212 cm³/mol. The summed E-state index contributed by atoms with van der Waals surface area (Å²) in [6.07, 6.45) is 0. The average molecular weight is 652 g/mol. The molecule has 0 bridgehead atoms. The molecule has 0 saturated carbocycles. The molecule has 0 saturated heterocycles. The largest absolute Gasteiger partial charge is 0.208 e. The lowest BCUT2D eigenvalue weighted by molar-refractivity contribution is 0.660. The van der Waals surface area contributed by atoms with Gasteiger partial charge in [-0.1, -0.05) is 159 Å². The van der Waals surface area contributed by atoms with Crippen molar-refractivity contribution < 1.29 is 0 Å². The van der Waals surface area contributed by atoms with Crippen LogP contribution in [0, 0.1) is 0 Å². The molecule has 3 heteroatoms. The fourth-order valence-corrected chi connectivity index (χ4v) is 8.12. The van der Waals surface area contributed by atoms with E-state index in [0.29, 0.717) is 17.5 Å². The zero-order valence-electron chi connectivity index (χ0n) is 28.4. The second-order valence-electron chi connectivity index (χ2n) is 14.0. The summed E-state index contributed by atoms with van der Waals surface area (Å²) < 4.78 is 0. The van der Waals surface area contributed by atoms with Gasteiger partial charge in [-0.05, 0) is 83.9 Å². The molecular weight excluding hydrogens is 619 g/mol. The molecule has 0 N–H and O–H groups in total. The fourth-order valence-electron chi connectivity index (χ4n) is 8.12. The minimum atomic E-state index is -0.0648. The number of aromatic nitrogens is 3. The van der Waals surface area contributed by atoms with Crippen molar-refractivity contribution >= 4 is 32.3 Å². The van der Waals surface area contributed by atoms with Crippen molar-refractivity contribution in [1.29, 1.82) is 0 Å². The first-order valence-corrected chi connectivity index (χ1v) is 17.5. The summed E-state index contributed by atoms with van der Waals surface area (Å²) in [6.45, 7) is 4.65. The van der Waals surface area contributed by atoms with Gasteiger partial charge in [-0.2, -0.15) is 0 Å². The third-order valence-corrected chi connectivity index (χ3v) is 10.7. The molecule has 0 amide bonds. The van der Waals surface area contributed by atoms with E-state index in [1.807, 2.05) is 18.2 Å². The van der Waals surface area contributed by atoms with Gasteiger partial charge in [-0.3, -0.25) is 0 Å². The van der Waals surface area contributed by atoms with E-state index in [4.69, 9.17) is 15.0 Å².